The van der Waals surface area contributed by atoms with Gasteiger partial charge in [0, 0.05) is 0 Å². The van der Waals surface area contributed by atoms with Crippen molar-refractivity contribution in [3.05, 3.63) is 9.67 Å². The maximum atomic E-state index is 2.96. The van der Waals surface area contributed by atoms with Gasteiger partial charge in [-0.2, -0.15) is 0 Å². The first-order valence-electron chi connectivity index (χ1n) is 9.88. The molecule has 0 heterocycles. The molecule has 0 fully saturated rings. The van der Waals surface area contributed by atoms with E-state index in [2.05, 4.69) is 38.7 Å². The van der Waals surface area contributed by atoms with Crippen LogP contribution in [0.5, 0.6) is 0 Å². The molecule has 0 aliphatic heterocycles. The summed E-state index contributed by atoms with van der Waals surface area (Å²) < 4.78 is 7.84. The average molecular weight is 401 g/mol. The molecule has 0 amide bonds. The number of unbranched alkanes of at least 4 members (excludes halogenated alkanes) is 4. The van der Waals surface area contributed by atoms with Crippen LogP contribution < -0.4 is 0 Å². The van der Waals surface area contributed by atoms with Crippen LogP contribution in [-0.4, -0.2) is 18.4 Å². The Balaban J connectivity index is 5.09. The van der Waals surface area contributed by atoms with Gasteiger partial charge in [0.05, 0.1) is 0 Å². The number of hydrogen-bond acceptors (Lipinski definition) is 0. The topological polar surface area (TPSA) is 0 Å². The van der Waals surface area contributed by atoms with Crippen molar-refractivity contribution in [3.63, 3.8) is 0 Å². The van der Waals surface area contributed by atoms with Crippen LogP contribution in [0.25, 0.3) is 0 Å². The van der Waals surface area contributed by atoms with Gasteiger partial charge in [0.25, 0.3) is 0 Å². The van der Waals surface area contributed by atoms with E-state index in [0.29, 0.717) is 0 Å². The fourth-order valence-corrected chi connectivity index (χ4v) is 19.3. The molecule has 1 heteroatoms. The molecule has 0 aromatic rings. The standard InChI is InChI=1S/C8H15.3C4H9.Sn/c1-4-6-7-8(3)5-2;3*1-3-4-2;/h3H,4-7H2,1-2H3;3*1,3-4H2,2H3;. The van der Waals surface area contributed by atoms with Gasteiger partial charge in [-0.25, -0.2) is 0 Å². The SMILES string of the molecule is CCCC/C(=[CH]\[Sn]([CH2]CCC)([CH2]CCC)[CH2]CCC)CC. The van der Waals surface area contributed by atoms with Gasteiger partial charge in [0.2, 0.25) is 0 Å². The quantitative estimate of drug-likeness (QED) is 0.260. The van der Waals surface area contributed by atoms with Crippen molar-refractivity contribution in [2.75, 3.05) is 0 Å². The molecule has 0 spiro atoms. The summed E-state index contributed by atoms with van der Waals surface area (Å²) in [7, 11) is 0. The zero-order valence-electron chi connectivity index (χ0n) is 15.8. The molecule has 0 bridgehead atoms. The Hall–Kier alpha value is 0.539. The summed E-state index contributed by atoms with van der Waals surface area (Å²) in [5.74, 6) is 0. The Morgan fingerprint density at radius 2 is 1.10 bits per heavy atom. The van der Waals surface area contributed by atoms with E-state index < -0.39 is 18.4 Å². The molecule has 21 heavy (non-hydrogen) atoms. The fourth-order valence-electron chi connectivity index (χ4n) is 3.37. The van der Waals surface area contributed by atoms with Gasteiger partial charge in [-0.3, -0.25) is 0 Å². The van der Waals surface area contributed by atoms with Crippen molar-refractivity contribution in [2.45, 2.75) is 112 Å². The first kappa shape index (κ1) is 21.5. The van der Waals surface area contributed by atoms with Crippen molar-refractivity contribution in [2.24, 2.45) is 0 Å². The van der Waals surface area contributed by atoms with Crippen LogP contribution in [-0.2, 0) is 0 Å². The monoisotopic (exact) mass is 402 g/mol. The number of rotatable bonds is 14. The van der Waals surface area contributed by atoms with Crippen LogP contribution in [0.2, 0.25) is 13.3 Å². The van der Waals surface area contributed by atoms with Crippen molar-refractivity contribution in [3.8, 4) is 0 Å². The number of allylic oxidation sites excluding steroid dienone is 1. The van der Waals surface area contributed by atoms with Gasteiger partial charge < -0.3 is 0 Å². The molecule has 0 atom stereocenters. The van der Waals surface area contributed by atoms with Crippen LogP contribution >= 0.6 is 0 Å². The third-order valence-corrected chi connectivity index (χ3v) is 19.4. The zero-order valence-corrected chi connectivity index (χ0v) is 18.6. The van der Waals surface area contributed by atoms with E-state index >= 15 is 0 Å². The molecule has 0 unspecified atom stereocenters. The molecule has 0 aromatic carbocycles. The van der Waals surface area contributed by atoms with E-state index in [-0.39, 0.29) is 0 Å². The van der Waals surface area contributed by atoms with Crippen molar-refractivity contribution >= 4 is 18.4 Å². The van der Waals surface area contributed by atoms with Gasteiger partial charge >= 0.3 is 140 Å². The molecular formula is C20H42Sn. The van der Waals surface area contributed by atoms with Gasteiger partial charge in [-0.1, -0.05) is 0 Å². The van der Waals surface area contributed by atoms with Crippen LogP contribution in [0.4, 0.5) is 0 Å². The molecule has 0 saturated carbocycles. The summed E-state index contributed by atoms with van der Waals surface area (Å²) in [6.07, 6.45) is 14.1. The summed E-state index contributed by atoms with van der Waals surface area (Å²) in [5, 5.41) is 0. The molecule has 0 aliphatic rings. The third-order valence-electron chi connectivity index (χ3n) is 4.90. The van der Waals surface area contributed by atoms with Crippen LogP contribution in [0, 0.1) is 0 Å². The fraction of sp³-hybridized carbons (Fsp3) is 0.900. The van der Waals surface area contributed by atoms with Crippen LogP contribution in [0.3, 0.4) is 0 Å². The van der Waals surface area contributed by atoms with Crippen molar-refractivity contribution < 1.29 is 0 Å². The van der Waals surface area contributed by atoms with Gasteiger partial charge in [0.1, 0.15) is 0 Å². The average Bonchev–Trinajstić information content (AvgIpc) is 2.52. The van der Waals surface area contributed by atoms with Crippen molar-refractivity contribution in [1.29, 1.82) is 0 Å². The number of hydrogen-bond donors (Lipinski definition) is 0. The van der Waals surface area contributed by atoms with Crippen molar-refractivity contribution in [1.82, 2.24) is 0 Å². The Morgan fingerprint density at radius 1 is 0.667 bits per heavy atom. The molecule has 0 aromatic heterocycles. The van der Waals surface area contributed by atoms with E-state index in [4.69, 9.17) is 0 Å². The molecule has 0 nitrogen and oxygen atoms in total. The van der Waals surface area contributed by atoms with E-state index in [1.54, 1.807) is 13.3 Å². The second-order valence-electron chi connectivity index (χ2n) is 6.93. The summed E-state index contributed by atoms with van der Waals surface area (Å²) in [6, 6.07) is 0. The van der Waals surface area contributed by atoms with E-state index in [1.165, 1.54) is 64.2 Å². The van der Waals surface area contributed by atoms with Gasteiger partial charge in [-0.15, -0.1) is 0 Å². The van der Waals surface area contributed by atoms with Gasteiger partial charge in [-0.05, 0) is 0 Å². The Morgan fingerprint density at radius 3 is 1.43 bits per heavy atom. The third kappa shape index (κ3) is 10.0. The second kappa shape index (κ2) is 14.2. The van der Waals surface area contributed by atoms with Gasteiger partial charge in [0.15, 0.2) is 0 Å². The van der Waals surface area contributed by atoms with Crippen LogP contribution in [0.1, 0.15) is 98.8 Å². The predicted molar refractivity (Wildman–Crippen MR) is 103 cm³/mol. The molecule has 0 aliphatic carbocycles. The predicted octanol–water partition coefficient (Wildman–Crippen LogP) is 7.90. The van der Waals surface area contributed by atoms with E-state index in [1.807, 2.05) is 5.57 Å². The Bertz CT molecular complexity index is 233. The second-order valence-corrected chi connectivity index (χ2v) is 19.8. The summed E-state index contributed by atoms with van der Waals surface area (Å²) >= 11 is -2.01. The normalized spacial score (nSPS) is 12.9. The first-order valence-corrected chi connectivity index (χ1v) is 17.6. The molecule has 0 rings (SSSR count). The molecule has 0 N–H and O–H groups in total. The van der Waals surface area contributed by atoms with E-state index in [9.17, 15) is 0 Å². The van der Waals surface area contributed by atoms with E-state index in [0.717, 1.165) is 0 Å². The Labute approximate surface area is 140 Å². The summed E-state index contributed by atoms with van der Waals surface area (Å²) in [4.78, 5) is 0. The van der Waals surface area contributed by atoms with Crippen LogP contribution in [0.15, 0.2) is 9.67 Å². The minimum absolute atomic E-state index is 1.31. The first-order chi connectivity index (χ1) is 10.2. The molecule has 126 valence electrons. The zero-order chi connectivity index (χ0) is 16.0. The molecule has 0 saturated heterocycles. The summed E-state index contributed by atoms with van der Waals surface area (Å²) in [6.45, 7) is 11.8. The molecule has 0 radical (unpaired) electrons. The summed E-state index contributed by atoms with van der Waals surface area (Å²) in [5.41, 5.74) is 1.83. The molecular weight excluding hydrogens is 359 g/mol. The Kier molecular flexibility index (Phi) is 14.5. The maximum absolute atomic E-state index is 2.96. The minimum atomic E-state index is -2.01.